The fraction of sp³-hybridized carbons (Fsp3) is 0.923. The maximum Gasteiger partial charge on any atom is 0.323 e. The van der Waals surface area contributed by atoms with Crippen molar-refractivity contribution >= 4 is 5.97 Å². The number of ether oxygens (including phenoxy) is 1. The standard InChI is InChI=1S/C13H24N2O2/c1-14-9-6-11(7-10-14)15-8-4-3-5-12(15)13(16)17-2/h11-12H,3-10H2,1-2H3/t12-/m1/s1. The zero-order valence-electron chi connectivity index (χ0n) is 11.0. The summed E-state index contributed by atoms with van der Waals surface area (Å²) in [6.45, 7) is 3.36. The van der Waals surface area contributed by atoms with Gasteiger partial charge in [0.1, 0.15) is 6.04 Å². The highest BCUT2D eigenvalue weighted by atomic mass is 16.5. The molecule has 2 aliphatic rings. The molecule has 17 heavy (non-hydrogen) atoms. The molecule has 0 saturated carbocycles. The second-order valence-corrected chi connectivity index (χ2v) is 5.31. The Kier molecular flexibility index (Phi) is 4.40. The predicted molar refractivity (Wildman–Crippen MR) is 66.9 cm³/mol. The minimum Gasteiger partial charge on any atom is -0.468 e. The third kappa shape index (κ3) is 2.99. The van der Waals surface area contributed by atoms with Crippen LogP contribution in [0.15, 0.2) is 0 Å². The molecule has 0 aromatic rings. The first-order valence-corrected chi connectivity index (χ1v) is 6.74. The van der Waals surface area contributed by atoms with Crippen LogP contribution >= 0.6 is 0 Å². The maximum absolute atomic E-state index is 11.8. The van der Waals surface area contributed by atoms with Gasteiger partial charge in [-0.3, -0.25) is 9.69 Å². The zero-order chi connectivity index (χ0) is 12.3. The molecule has 2 heterocycles. The molecule has 0 bridgehead atoms. The van der Waals surface area contributed by atoms with E-state index in [0.29, 0.717) is 6.04 Å². The summed E-state index contributed by atoms with van der Waals surface area (Å²) in [6.07, 6.45) is 5.72. The van der Waals surface area contributed by atoms with E-state index in [4.69, 9.17) is 4.74 Å². The van der Waals surface area contributed by atoms with Crippen molar-refractivity contribution in [3.05, 3.63) is 0 Å². The van der Waals surface area contributed by atoms with E-state index >= 15 is 0 Å². The van der Waals surface area contributed by atoms with Crippen LogP contribution in [0.4, 0.5) is 0 Å². The molecule has 2 aliphatic heterocycles. The van der Waals surface area contributed by atoms with Gasteiger partial charge in [0.05, 0.1) is 7.11 Å². The Labute approximate surface area is 104 Å². The molecule has 0 aromatic carbocycles. The predicted octanol–water partition coefficient (Wildman–Crippen LogP) is 1.11. The second-order valence-electron chi connectivity index (χ2n) is 5.31. The smallest absolute Gasteiger partial charge is 0.323 e. The number of carbonyl (C=O) groups excluding carboxylic acids is 1. The molecule has 0 amide bonds. The minimum atomic E-state index is -0.0383. The first-order chi connectivity index (χ1) is 8.22. The van der Waals surface area contributed by atoms with Crippen molar-refractivity contribution in [2.75, 3.05) is 33.8 Å². The van der Waals surface area contributed by atoms with Crippen LogP contribution in [0.2, 0.25) is 0 Å². The first kappa shape index (κ1) is 12.8. The van der Waals surface area contributed by atoms with Crippen LogP contribution in [-0.2, 0) is 9.53 Å². The maximum atomic E-state index is 11.8. The lowest BCUT2D eigenvalue weighted by molar-refractivity contribution is -0.150. The molecule has 0 unspecified atom stereocenters. The van der Waals surface area contributed by atoms with E-state index in [0.717, 1.165) is 32.5 Å². The molecule has 4 heteroatoms. The van der Waals surface area contributed by atoms with Gasteiger partial charge in [0.25, 0.3) is 0 Å². The molecule has 0 N–H and O–H groups in total. The van der Waals surface area contributed by atoms with Gasteiger partial charge in [0, 0.05) is 6.04 Å². The lowest BCUT2D eigenvalue weighted by Gasteiger charge is -2.42. The van der Waals surface area contributed by atoms with Gasteiger partial charge in [-0.2, -0.15) is 0 Å². The van der Waals surface area contributed by atoms with Crippen LogP contribution in [0.3, 0.4) is 0 Å². The van der Waals surface area contributed by atoms with Gasteiger partial charge in [-0.05, 0) is 52.4 Å². The summed E-state index contributed by atoms with van der Waals surface area (Å²) in [5.41, 5.74) is 0. The average Bonchev–Trinajstić information content (AvgIpc) is 2.39. The number of rotatable bonds is 2. The lowest BCUT2D eigenvalue weighted by Crippen LogP contribution is -2.53. The highest BCUT2D eigenvalue weighted by Crippen LogP contribution is 2.25. The zero-order valence-corrected chi connectivity index (χ0v) is 11.0. The number of likely N-dealkylation sites (tertiary alicyclic amines) is 2. The number of hydrogen-bond acceptors (Lipinski definition) is 4. The fourth-order valence-corrected chi connectivity index (χ4v) is 3.11. The van der Waals surface area contributed by atoms with E-state index < -0.39 is 0 Å². The van der Waals surface area contributed by atoms with Crippen molar-refractivity contribution in [3.8, 4) is 0 Å². The molecule has 1 atom stereocenters. The van der Waals surface area contributed by atoms with E-state index in [1.54, 1.807) is 0 Å². The highest BCUT2D eigenvalue weighted by Gasteiger charge is 2.35. The fourth-order valence-electron chi connectivity index (χ4n) is 3.11. The largest absolute Gasteiger partial charge is 0.468 e. The molecule has 0 aliphatic carbocycles. The third-order valence-corrected chi connectivity index (χ3v) is 4.17. The lowest BCUT2D eigenvalue weighted by atomic mass is 9.95. The van der Waals surface area contributed by atoms with E-state index in [1.807, 2.05) is 0 Å². The summed E-state index contributed by atoms with van der Waals surface area (Å²) in [6, 6.07) is 0.595. The molecule has 2 fully saturated rings. The topological polar surface area (TPSA) is 32.8 Å². The van der Waals surface area contributed by atoms with Crippen LogP contribution in [0.25, 0.3) is 0 Å². The van der Waals surface area contributed by atoms with Crippen molar-refractivity contribution in [3.63, 3.8) is 0 Å². The summed E-state index contributed by atoms with van der Waals surface area (Å²) in [7, 11) is 3.67. The average molecular weight is 240 g/mol. The number of hydrogen-bond donors (Lipinski definition) is 0. The summed E-state index contributed by atoms with van der Waals surface area (Å²) >= 11 is 0. The molecule has 98 valence electrons. The van der Waals surface area contributed by atoms with Gasteiger partial charge < -0.3 is 9.64 Å². The monoisotopic (exact) mass is 240 g/mol. The van der Waals surface area contributed by atoms with E-state index in [1.165, 1.54) is 26.4 Å². The number of piperidine rings is 2. The van der Waals surface area contributed by atoms with Gasteiger partial charge in [0.15, 0.2) is 0 Å². The Morgan fingerprint density at radius 1 is 1.12 bits per heavy atom. The van der Waals surface area contributed by atoms with Crippen molar-refractivity contribution < 1.29 is 9.53 Å². The summed E-state index contributed by atoms with van der Waals surface area (Å²) in [4.78, 5) is 16.6. The van der Waals surface area contributed by atoms with Gasteiger partial charge in [-0.1, -0.05) is 6.42 Å². The third-order valence-electron chi connectivity index (χ3n) is 4.17. The van der Waals surface area contributed by atoms with Gasteiger partial charge in [-0.25, -0.2) is 0 Å². The molecule has 2 rings (SSSR count). The van der Waals surface area contributed by atoms with Crippen LogP contribution < -0.4 is 0 Å². The van der Waals surface area contributed by atoms with Crippen LogP contribution in [0.1, 0.15) is 32.1 Å². The van der Waals surface area contributed by atoms with Crippen molar-refractivity contribution in [1.82, 2.24) is 9.80 Å². The van der Waals surface area contributed by atoms with Crippen LogP contribution in [-0.4, -0.2) is 61.6 Å². The summed E-state index contributed by atoms with van der Waals surface area (Å²) < 4.78 is 4.94. The SMILES string of the molecule is COC(=O)[C@H]1CCCCN1C1CCN(C)CC1. The Morgan fingerprint density at radius 3 is 2.47 bits per heavy atom. The second kappa shape index (κ2) is 5.83. The molecule has 0 radical (unpaired) electrons. The number of nitrogens with zero attached hydrogens (tertiary/aromatic N) is 2. The molecule has 0 spiro atoms. The number of carbonyl (C=O) groups is 1. The van der Waals surface area contributed by atoms with Crippen molar-refractivity contribution in [2.24, 2.45) is 0 Å². The number of esters is 1. The van der Waals surface area contributed by atoms with Crippen LogP contribution in [0, 0.1) is 0 Å². The Morgan fingerprint density at radius 2 is 1.82 bits per heavy atom. The molecular weight excluding hydrogens is 216 g/mol. The van der Waals surface area contributed by atoms with Gasteiger partial charge >= 0.3 is 5.97 Å². The van der Waals surface area contributed by atoms with E-state index in [2.05, 4.69) is 16.8 Å². The Bertz CT molecular complexity index is 262. The molecule has 4 nitrogen and oxygen atoms in total. The quantitative estimate of drug-likeness (QED) is 0.677. The van der Waals surface area contributed by atoms with Crippen LogP contribution in [0.5, 0.6) is 0 Å². The molecule has 0 aromatic heterocycles. The Balaban J connectivity index is 1.98. The molecule has 2 saturated heterocycles. The van der Waals surface area contributed by atoms with Crippen molar-refractivity contribution in [2.45, 2.75) is 44.2 Å². The summed E-state index contributed by atoms with van der Waals surface area (Å²) in [5, 5.41) is 0. The van der Waals surface area contributed by atoms with Crippen molar-refractivity contribution in [1.29, 1.82) is 0 Å². The van der Waals surface area contributed by atoms with E-state index in [9.17, 15) is 4.79 Å². The molecular formula is C13H24N2O2. The normalized spacial score (nSPS) is 29.2. The van der Waals surface area contributed by atoms with E-state index in [-0.39, 0.29) is 12.0 Å². The first-order valence-electron chi connectivity index (χ1n) is 6.74. The Hall–Kier alpha value is -0.610. The summed E-state index contributed by atoms with van der Waals surface area (Å²) in [5.74, 6) is -0.0383. The van der Waals surface area contributed by atoms with Gasteiger partial charge in [0.2, 0.25) is 0 Å². The van der Waals surface area contributed by atoms with Gasteiger partial charge in [-0.15, -0.1) is 0 Å². The highest BCUT2D eigenvalue weighted by molar-refractivity contribution is 5.75. The minimum absolute atomic E-state index is 0.0159. The number of methoxy groups -OCH3 is 1.